The number of carbonyl (C=O) groups excluding carboxylic acids is 3. The van der Waals surface area contributed by atoms with Gasteiger partial charge in [-0.3, -0.25) is 28.8 Å². The number of sulfone groups is 3. The first-order valence-electron chi connectivity index (χ1n) is 36.9. The van der Waals surface area contributed by atoms with E-state index in [1.54, 1.807) is 132 Å². The predicted octanol–water partition coefficient (Wildman–Crippen LogP) is 12.0. The molecule has 0 spiro atoms. The summed E-state index contributed by atoms with van der Waals surface area (Å²) < 4.78 is 126. The molecule has 6 aromatic carbocycles. The number of ketones is 3. The molecule has 15 aromatic rings. The number of nitrogens with zero attached hydrogens (tertiary/aromatic N) is 7. The number of nitrogens with one attached hydrogen (secondary N) is 3. The first-order chi connectivity index (χ1) is 55.6. The maximum absolute atomic E-state index is 15.1. The molecule has 0 aliphatic heterocycles. The molecule has 598 valence electrons. The fourth-order valence-corrected chi connectivity index (χ4v) is 18.5. The molecule has 9 N–H and O–H groups in total. The molecule has 0 atom stereocenters. The molecule has 0 amide bonds. The van der Waals surface area contributed by atoms with Crippen molar-refractivity contribution in [2.24, 2.45) is 0 Å². The van der Waals surface area contributed by atoms with Gasteiger partial charge in [-0.1, -0.05) is 54.6 Å². The number of hydrogen-bond donors (Lipinski definition) is 6. The third kappa shape index (κ3) is 16.7. The number of carbonyl (C=O) groups is 3. The number of halogens is 3. The topological polar surface area (TPSA) is 387 Å². The molecule has 117 heavy (non-hydrogen) atoms. The van der Waals surface area contributed by atoms with Crippen LogP contribution in [0.25, 0.3) is 98.8 Å². The summed E-state index contributed by atoms with van der Waals surface area (Å²) in [6.45, 7) is 5.20. The van der Waals surface area contributed by atoms with Crippen LogP contribution in [-0.4, -0.2) is 146 Å². The normalized spacial score (nSPS) is 12.6. The molecular formula is C86H78F3N13O12S3. The zero-order valence-corrected chi connectivity index (χ0v) is 66.5. The highest BCUT2D eigenvalue weighted by atomic mass is 32.2. The van der Waals surface area contributed by atoms with E-state index in [4.69, 9.17) is 17.2 Å². The number of Topliss-reactive ketones (excluding diaryl/α,β-unsaturated/α-hetero) is 3. The Kier molecular flexibility index (Phi) is 22.1. The SMILES string of the molecule is Cc1cc2c(-c3ccc[nH]c3=O)c(C(=O)CS(=O)(=O)C3CC3)n(Cc3cc(N)nc4ccccc34)c2cc1F.Cc1cc2c(-c3ccc[nH]c3=O)c(C(=O)CS(=O)(=O)CCN(C)C)n(Cc3cc(N)nc4ccccc34)c2cc1F.Cc1cc2c(-c3ccc[nH]c3=O)c(C(=O)CS(C)(=O)=O)n(Cc3cc(N)nc4ccccc34)c2cc1F. The van der Waals surface area contributed by atoms with Crippen molar-refractivity contribution in [2.45, 2.75) is 58.5 Å². The zero-order valence-electron chi connectivity index (χ0n) is 64.1. The second-order valence-corrected chi connectivity index (χ2v) is 36.0. The summed E-state index contributed by atoms with van der Waals surface area (Å²) in [5.74, 6) is -5.21. The molecule has 1 fully saturated rings. The molecule has 1 aliphatic carbocycles. The summed E-state index contributed by atoms with van der Waals surface area (Å²) in [5, 5.41) is 3.18. The lowest BCUT2D eigenvalue weighted by Gasteiger charge is -2.15. The van der Waals surface area contributed by atoms with Gasteiger partial charge in [-0.25, -0.2) is 53.4 Å². The Hall–Kier alpha value is -13.0. The van der Waals surface area contributed by atoms with E-state index in [1.165, 1.54) is 36.8 Å². The molecule has 9 aromatic heterocycles. The van der Waals surface area contributed by atoms with E-state index in [0.29, 0.717) is 95.5 Å². The van der Waals surface area contributed by atoms with Gasteiger partial charge in [0, 0.05) is 117 Å². The number of aryl methyl sites for hydroxylation is 3. The van der Waals surface area contributed by atoms with E-state index >= 15 is 8.78 Å². The molecule has 1 saturated carbocycles. The number of nitrogens with two attached hydrogens (primary N) is 3. The van der Waals surface area contributed by atoms with Gasteiger partial charge >= 0.3 is 0 Å². The van der Waals surface area contributed by atoms with Crippen molar-refractivity contribution in [3.05, 3.63) is 281 Å². The second-order valence-electron chi connectivity index (χ2n) is 29.4. The van der Waals surface area contributed by atoms with Crippen molar-refractivity contribution < 1.29 is 52.8 Å². The number of H-pyrrole nitrogens is 3. The van der Waals surface area contributed by atoms with Crippen LogP contribution < -0.4 is 33.9 Å². The van der Waals surface area contributed by atoms with Gasteiger partial charge in [0.15, 0.2) is 46.9 Å². The van der Waals surface area contributed by atoms with Crippen LogP contribution in [0.5, 0.6) is 0 Å². The van der Waals surface area contributed by atoms with Gasteiger partial charge in [0.05, 0.1) is 61.2 Å². The van der Waals surface area contributed by atoms with Crippen molar-refractivity contribution in [2.75, 3.05) is 67.1 Å². The van der Waals surface area contributed by atoms with E-state index in [0.717, 1.165) is 22.4 Å². The Labute approximate surface area is 667 Å². The number of anilines is 3. The van der Waals surface area contributed by atoms with Crippen LogP contribution in [0, 0.1) is 38.2 Å². The fourth-order valence-electron chi connectivity index (χ4n) is 14.9. The molecule has 0 saturated heterocycles. The summed E-state index contributed by atoms with van der Waals surface area (Å²) in [5.41, 5.74) is 24.3. The number of hydrogen-bond acceptors (Lipinski definition) is 19. The van der Waals surface area contributed by atoms with Gasteiger partial charge in [0.1, 0.15) is 52.2 Å². The maximum Gasteiger partial charge on any atom is 0.255 e. The third-order valence-electron chi connectivity index (χ3n) is 20.5. The Balaban J connectivity index is 0.000000145. The molecule has 0 unspecified atom stereocenters. The Morgan fingerprint density at radius 1 is 0.444 bits per heavy atom. The van der Waals surface area contributed by atoms with Crippen molar-refractivity contribution in [3.63, 3.8) is 0 Å². The van der Waals surface area contributed by atoms with Gasteiger partial charge in [-0.15, -0.1) is 0 Å². The first-order valence-corrected chi connectivity index (χ1v) is 42.5. The van der Waals surface area contributed by atoms with Gasteiger partial charge in [0.25, 0.3) is 16.7 Å². The first kappa shape index (κ1) is 80.6. The summed E-state index contributed by atoms with van der Waals surface area (Å²) in [4.78, 5) is 103. The van der Waals surface area contributed by atoms with E-state index < -0.39 is 103 Å². The van der Waals surface area contributed by atoms with Gasteiger partial charge < -0.3 is 50.8 Å². The lowest BCUT2D eigenvalue weighted by molar-refractivity contribution is 0.100. The number of para-hydroxylation sites is 3. The minimum atomic E-state index is -3.81. The quantitative estimate of drug-likeness (QED) is 0.0343. The maximum atomic E-state index is 15.1. The number of rotatable bonds is 22. The van der Waals surface area contributed by atoms with E-state index in [1.807, 2.05) is 66.7 Å². The molecule has 25 nitrogen and oxygen atoms in total. The average Bonchev–Trinajstić information content (AvgIpc) is 1.59. The lowest BCUT2D eigenvalue weighted by atomic mass is 10.0. The Bertz CT molecular complexity index is 7190. The molecule has 31 heteroatoms. The zero-order chi connectivity index (χ0) is 83.4. The molecule has 16 rings (SSSR count). The van der Waals surface area contributed by atoms with E-state index in [9.17, 15) is 58.4 Å². The van der Waals surface area contributed by atoms with Crippen LogP contribution >= 0.6 is 0 Å². The summed E-state index contributed by atoms with van der Waals surface area (Å²) in [7, 11) is -7.72. The number of fused-ring (bicyclic) bond motifs is 6. The fraction of sp³-hybridized carbons (Fsp3) is 0.198. The number of aromatic amines is 3. The standard InChI is InChI=1S/C30H30FN5O4S.C29H25FN4O4S.C27H23FN4O4S/c1-18-13-22-25(15-23(18)31)36(16-19-14-27(32)34-24-9-5-4-7-20(19)24)29(28(22)21-8-6-10-33-30(21)38)26(37)17-41(39,40)12-11-35(2)3;1-16-11-21-24(13-22(16)30)34(14-17-12-26(31)33-23-7-3-2-5-19(17)23)28(25(35)15-39(37,38)18-8-9-18)27(21)20-6-4-10-32-29(20)36;1-15-10-19-22(12-20(15)28)32(13-16-11-24(29)31-21-8-4-3-6-17(16)21)26(23(33)14-37(2,35)36)25(19)18-7-5-9-30-27(18)34/h4-10,13-15H,11-12,16-17H2,1-3H3,(H2,32,34)(H,33,38);2-7,10-13,18H,8-9,14-15H2,1H3,(H2,31,33)(H,32,36);3-12H,13-14H2,1-2H3,(H2,29,31)(H,30,34). The predicted molar refractivity (Wildman–Crippen MR) is 451 cm³/mol. The van der Waals surface area contributed by atoms with Crippen molar-refractivity contribution >= 4 is 130 Å². The smallest absolute Gasteiger partial charge is 0.255 e. The summed E-state index contributed by atoms with van der Waals surface area (Å²) in [6, 6.07) is 45.3. The number of pyridine rings is 6. The summed E-state index contributed by atoms with van der Waals surface area (Å²) in [6.07, 6.45) is 6.41. The largest absolute Gasteiger partial charge is 0.384 e. The van der Waals surface area contributed by atoms with Gasteiger partial charge in [0.2, 0.25) is 0 Å². The Morgan fingerprint density at radius 3 is 1.07 bits per heavy atom. The minimum absolute atomic E-state index is 0.00147. The van der Waals surface area contributed by atoms with Crippen LogP contribution in [0.15, 0.2) is 197 Å². The third-order valence-corrected chi connectivity index (χ3v) is 24.9. The second kappa shape index (κ2) is 32.0. The number of benzene rings is 6. The Morgan fingerprint density at radius 2 is 0.761 bits per heavy atom. The lowest BCUT2D eigenvalue weighted by Crippen LogP contribution is -2.27. The van der Waals surface area contributed by atoms with Crippen molar-refractivity contribution in [1.82, 2.24) is 48.5 Å². The molecule has 1 aliphatic rings. The van der Waals surface area contributed by atoms with E-state index in [2.05, 4.69) is 29.9 Å². The van der Waals surface area contributed by atoms with Gasteiger partial charge in [-0.2, -0.15) is 0 Å². The highest BCUT2D eigenvalue weighted by Crippen LogP contribution is 2.42. The highest BCUT2D eigenvalue weighted by molar-refractivity contribution is 7.93. The van der Waals surface area contributed by atoms with Crippen LogP contribution in [0.1, 0.15) is 77.7 Å². The van der Waals surface area contributed by atoms with E-state index in [-0.39, 0.29) is 99.8 Å². The average molecular weight is 1640 g/mol. The van der Waals surface area contributed by atoms with Crippen molar-refractivity contribution in [3.8, 4) is 33.4 Å². The van der Waals surface area contributed by atoms with Crippen LogP contribution in [0.2, 0.25) is 0 Å². The van der Waals surface area contributed by atoms with Crippen LogP contribution in [0.4, 0.5) is 30.6 Å². The summed E-state index contributed by atoms with van der Waals surface area (Å²) >= 11 is 0. The molecule has 0 bridgehead atoms. The highest BCUT2D eigenvalue weighted by Gasteiger charge is 2.39. The molecular weight excluding hydrogens is 1560 g/mol. The van der Waals surface area contributed by atoms with Gasteiger partial charge in [-0.05, 0) is 190 Å². The minimum Gasteiger partial charge on any atom is -0.384 e. The molecule has 9 heterocycles. The van der Waals surface area contributed by atoms with Crippen LogP contribution in [-0.2, 0) is 49.1 Å². The monoisotopic (exact) mass is 1640 g/mol. The molecule has 0 radical (unpaired) electrons. The van der Waals surface area contributed by atoms with Crippen LogP contribution in [0.3, 0.4) is 0 Å². The van der Waals surface area contributed by atoms with Crippen molar-refractivity contribution in [1.29, 1.82) is 0 Å². The number of aromatic nitrogens is 9. The number of nitrogen functional groups attached to an aromatic ring is 3.